The molecular formula is C12H20F3NO2S. The molecule has 0 saturated carbocycles. The monoisotopic (exact) mass is 299 g/mol. The Hall–Kier alpha value is -0.430. The standard InChI is InChI=1S/C12H20F3NO2S/c1-9(8-19-3)10(17)16-6-4-11(18-2,5-7-16)12(13,14)15/h9H,4-8H2,1-3H3. The Morgan fingerprint density at radius 2 is 1.95 bits per heavy atom. The number of alkyl halides is 3. The Balaban J connectivity index is 2.64. The van der Waals surface area contributed by atoms with Gasteiger partial charge < -0.3 is 9.64 Å². The van der Waals surface area contributed by atoms with Crippen LogP contribution < -0.4 is 0 Å². The molecule has 1 unspecified atom stereocenters. The van der Waals surface area contributed by atoms with Gasteiger partial charge in [0.25, 0.3) is 0 Å². The minimum Gasteiger partial charge on any atom is -0.369 e. The third-order valence-corrected chi connectivity index (χ3v) is 4.46. The van der Waals surface area contributed by atoms with Crippen LogP contribution in [0.25, 0.3) is 0 Å². The normalized spacial score (nSPS) is 21.3. The van der Waals surface area contributed by atoms with Crippen LogP contribution in [0.3, 0.4) is 0 Å². The molecule has 1 aliphatic heterocycles. The smallest absolute Gasteiger partial charge is 0.369 e. The highest BCUT2D eigenvalue weighted by atomic mass is 32.2. The number of likely N-dealkylation sites (tertiary alicyclic amines) is 1. The number of amides is 1. The fourth-order valence-corrected chi connectivity index (χ4v) is 2.97. The number of piperidine rings is 1. The zero-order chi connectivity index (χ0) is 14.7. The van der Waals surface area contributed by atoms with Crippen molar-refractivity contribution in [1.29, 1.82) is 0 Å². The van der Waals surface area contributed by atoms with Crippen LogP contribution in [0.4, 0.5) is 13.2 Å². The topological polar surface area (TPSA) is 29.5 Å². The number of carbonyl (C=O) groups is 1. The number of nitrogens with zero attached hydrogens (tertiary/aromatic N) is 1. The Morgan fingerprint density at radius 1 is 1.42 bits per heavy atom. The molecule has 1 rings (SSSR count). The molecule has 3 nitrogen and oxygen atoms in total. The van der Waals surface area contributed by atoms with Gasteiger partial charge >= 0.3 is 6.18 Å². The molecule has 7 heteroatoms. The largest absolute Gasteiger partial charge is 0.417 e. The zero-order valence-electron chi connectivity index (χ0n) is 11.4. The first kappa shape index (κ1) is 16.6. The molecule has 1 saturated heterocycles. The molecule has 0 aromatic rings. The van der Waals surface area contributed by atoms with Gasteiger partial charge in [-0.3, -0.25) is 4.79 Å². The quantitative estimate of drug-likeness (QED) is 0.799. The number of hydrogen-bond donors (Lipinski definition) is 0. The summed E-state index contributed by atoms with van der Waals surface area (Å²) in [4.78, 5) is 13.5. The molecule has 112 valence electrons. The Morgan fingerprint density at radius 3 is 2.32 bits per heavy atom. The molecule has 0 radical (unpaired) electrons. The van der Waals surface area contributed by atoms with E-state index in [1.165, 1.54) is 4.90 Å². The van der Waals surface area contributed by atoms with Crippen LogP contribution in [0.15, 0.2) is 0 Å². The van der Waals surface area contributed by atoms with Gasteiger partial charge in [-0.1, -0.05) is 6.92 Å². The molecule has 0 bridgehead atoms. The molecule has 1 heterocycles. The van der Waals surface area contributed by atoms with Crippen LogP contribution in [0.5, 0.6) is 0 Å². The van der Waals surface area contributed by atoms with Crippen molar-refractivity contribution in [2.24, 2.45) is 5.92 Å². The highest BCUT2D eigenvalue weighted by molar-refractivity contribution is 7.98. The number of thioether (sulfide) groups is 1. The number of rotatable bonds is 4. The number of hydrogen-bond acceptors (Lipinski definition) is 3. The number of halogens is 3. The predicted octanol–water partition coefficient (Wildman–Crippen LogP) is 2.56. The lowest BCUT2D eigenvalue weighted by atomic mass is 9.90. The summed E-state index contributed by atoms with van der Waals surface area (Å²) in [6.07, 6.45) is -2.86. The molecule has 0 N–H and O–H groups in total. The summed E-state index contributed by atoms with van der Waals surface area (Å²) in [5, 5.41) is 0. The van der Waals surface area contributed by atoms with Gasteiger partial charge in [0.2, 0.25) is 5.91 Å². The van der Waals surface area contributed by atoms with E-state index in [-0.39, 0.29) is 37.8 Å². The minimum absolute atomic E-state index is 0.0683. The molecule has 1 atom stereocenters. The van der Waals surface area contributed by atoms with Crippen LogP contribution in [0.1, 0.15) is 19.8 Å². The van der Waals surface area contributed by atoms with Crippen LogP contribution in [0.2, 0.25) is 0 Å². The van der Waals surface area contributed by atoms with Gasteiger partial charge in [-0.2, -0.15) is 24.9 Å². The molecule has 0 spiro atoms. The Labute approximate surface area is 115 Å². The summed E-state index contributed by atoms with van der Waals surface area (Å²) in [6.45, 7) is 2.01. The van der Waals surface area contributed by atoms with E-state index >= 15 is 0 Å². The third-order valence-electron chi connectivity index (χ3n) is 3.63. The SMILES string of the molecule is COC1(C(F)(F)F)CCN(C(=O)C(C)CSC)CC1. The third kappa shape index (κ3) is 3.56. The predicted molar refractivity (Wildman–Crippen MR) is 69.2 cm³/mol. The number of carbonyl (C=O) groups excluding carboxylic acids is 1. The fourth-order valence-electron chi connectivity index (χ4n) is 2.32. The second-order valence-electron chi connectivity index (χ2n) is 4.88. The van der Waals surface area contributed by atoms with E-state index in [0.29, 0.717) is 5.75 Å². The summed E-state index contributed by atoms with van der Waals surface area (Å²) in [7, 11) is 1.08. The first-order valence-corrected chi connectivity index (χ1v) is 7.56. The van der Waals surface area contributed by atoms with Gasteiger partial charge in [-0.25, -0.2) is 0 Å². The molecular weight excluding hydrogens is 279 g/mol. The highest BCUT2D eigenvalue weighted by Crippen LogP contribution is 2.41. The highest BCUT2D eigenvalue weighted by Gasteiger charge is 2.56. The summed E-state index contributed by atoms with van der Waals surface area (Å²) >= 11 is 1.56. The van der Waals surface area contributed by atoms with Crippen molar-refractivity contribution in [3.8, 4) is 0 Å². The van der Waals surface area contributed by atoms with Crippen molar-refractivity contribution >= 4 is 17.7 Å². The molecule has 0 aliphatic carbocycles. The molecule has 1 aliphatic rings. The zero-order valence-corrected chi connectivity index (χ0v) is 12.2. The van der Waals surface area contributed by atoms with Gasteiger partial charge in [0.15, 0.2) is 5.60 Å². The molecule has 1 fully saturated rings. The summed E-state index contributed by atoms with van der Waals surface area (Å²) in [6, 6.07) is 0. The van der Waals surface area contributed by atoms with Crippen molar-refractivity contribution in [3.63, 3.8) is 0 Å². The van der Waals surface area contributed by atoms with E-state index in [1.54, 1.807) is 18.7 Å². The fraction of sp³-hybridized carbons (Fsp3) is 0.917. The van der Waals surface area contributed by atoms with E-state index in [1.807, 2.05) is 6.26 Å². The van der Waals surface area contributed by atoms with Crippen molar-refractivity contribution in [3.05, 3.63) is 0 Å². The number of methoxy groups -OCH3 is 1. The lowest BCUT2D eigenvalue weighted by Crippen LogP contribution is -2.56. The van der Waals surface area contributed by atoms with Crippen LogP contribution in [-0.2, 0) is 9.53 Å². The van der Waals surface area contributed by atoms with E-state index in [4.69, 9.17) is 4.74 Å². The Kier molecular flexibility index (Phi) is 5.55. The van der Waals surface area contributed by atoms with Crippen LogP contribution in [-0.4, -0.2) is 54.8 Å². The molecule has 19 heavy (non-hydrogen) atoms. The average Bonchev–Trinajstić information content (AvgIpc) is 2.37. The first-order valence-electron chi connectivity index (χ1n) is 6.17. The Bertz CT molecular complexity index is 315. The maximum atomic E-state index is 13.0. The van der Waals surface area contributed by atoms with E-state index in [2.05, 4.69) is 0 Å². The van der Waals surface area contributed by atoms with E-state index < -0.39 is 11.8 Å². The molecule has 1 amide bonds. The van der Waals surface area contributed by atoms with Gasteiger partial charge in [0, 0.05) is 44.7 Å². The van der Waals surface area contributed by atoms with Gasteiger partial charge in [0.1, 0.15) is 0 Å². The number of ether oxygens (including phenoxy) is 1. The second kappa shape index (κ2) is 6.35. The van der Waals surface area contributed by atoms with Crippen molar-refractivity contribution in [2.45, 2.75) is 31.5 Å². The van der Waals surface area contributed by atoms with Crippen molar-refractivity contribution < 1.29 is 22.7 Å². The summed E-state index contributed by atoms with van der Waals surface area (Å²) < 4.78 is 43.6. The lowest BCUT2D eigenvalue weighted by molar-refractivity contribution is -0.281. The van der Waals surface area contributed by atoms with Gasteiger partial charge in [-0.05, 0) is 6.26 Å². The van der Waals surface area contributed by atoms with Crippen LogP contribution in [0, 0.1) is 5.92 Å². The van der Waals surface area contributed by atoms with E-state index in [9.17, 15) is 18.0 Å². The average molecular weight is 299 g/mol. The minimum atomic E-state index is -4.39. The van der Waals surface area contributed by atoms with Crippen molar-refractivity contribution in [2.75, 3.05) is 32.2 Å². The lowest BCUT2D eigenvalue weighted by Gasteiger charge is -2.42. The first-order chi connectivity index (χ1) is 8.77. The van der Waals surface area contributed by atoms with Gasteiger partial charge in [0.05, 0.1) is 0 Å². The van der Waals surface area contributed by atoms with Gasteiger partial charge in [-0.15, -0.1) is 0 Å². The van der Waals surface area contributed by atoms with E-state index in [0.717, 1.165) is 7.11 Å². The maximum absolute atomic E-state index is 13.0. The summed E-state index contributed by atoms with van der Waals surface area (Å²) in [5.74, 6) is 0.460. The maximum Gasteiger partial charge on any atom is 0.417 e. The molecule has 0 aromatic carbocycles. The molecule has 0 aromatic heterocycles. The summed E-state index contributed by atoms with van der Waals surface area (Å²) in [5.41, 5.74) is -2.09. The second-order valence-corrected chi connectivity index (χ2v) is 5.79. The van der Waals surface area contributed by atoms with Crippen molar-refractivity contribution in [1.82, 2.24) is 4.90 Å². The van der Waals surface area contributed by atoms with Crippen LogP contribution >= 0.6 is 11.8 Å².